The summed E-state index contributed by atoms with van der Waals surface area (Å²) in [6, 6.07) is 7.80. The number of methoxy groups -OCH3 is 1. The largest absolute Gasteiger partial charge is 0.451 e. The molecule has 1 amide bonds. The SMILES string of the molecule is COCc1c(C(=O)NC(C)CCCC(C)C)oc2ccccc12. The monoisotopic (exact) mass is 317 g/mol. The fourth-order valence-electron chi connectivity index (χ4n) is 2.76. The van der Waals surface area contributed by atoms with Crippen molar-refractivity contribution in [2.24, 2.45) is 5.92 Å². The van der Waals surface area contributed by atoms with E-state index in [-0.39, 0.29) is 11.9 Å². The summed E-state index contributed by atoms with van der Waals surface area (Å²) in [5.41, 5.74) is 1.53. The van der Waals surface area contributed by atoms with Crippen molar-refractivity contribution >= 4 is 16.9 Å². The summed E-state index contributed by atoms with van der Waals surface area (Å²) in [5, 5.41) is 3.98. The molecule has 4 heteroatoms. The van der Waals surface area contributed by atoms with E-state index in [1.165, 1.54) is 6.42 Å². The van der Waals surface area contributed by atoms with Crippen molar-refractivity contribution in [3.05, 3.63) is 35.6 Å². The second-order valence-electron chi connectivity index (χ2n) is 6.54. The lowest BCUT2D eigenvalue weighted by Gasteiger charge is -2.14. The molecule has 0 radical (unpaired) electrons. The van der Waals surface area contributed by atoms with Gasteiger partial charge >= 0.3 is 0 Å². The number of carbonyl (C=O) groups is 1. The molecule has 1 aromatic carbocycles. The van der Waals surface area contributed by atoms with Crippen LogP contribution in [0.4, 0.5) is 0 Å². The van der Waals surface area contributed by atoms with Crippen molar-refractivity contribution in [1.29, 1.82) is 0 Å². The quantitative estimate of drug-likeness (QED) is 0.778. The first kappa shape index (κ1) is 17.5. The highest BCUT2D eigenvalue weighted by molar-refractivity contribution is 5.99. The van der Waals surface area contributed by atoms with Crippen LogP contribution >= 0.6 is 0 Å². The van der Waals surface area contributed by atoms with Crippen LogP contribution in [0.25, 0.3) is 11.0 Å². The molecular weight excluding hydrogens is 290 g/mol. The second-order valence-corrected chi connectivity index (χ2v) is 6.54. The van der Waals surface area contributed by atoms with E-state index < -0.39 is 0 Å². The molecule has 0 bridgehead atoms. The molecule has 2 aromatic rings. The number of nitrogens with one attached hydrogen (secondary N) is 1. The molecule has 0 aliphatic rings. The molecule has 23 heavy (non-hydrogen) atoms. The first-order valence-electron chi connectivity index (χ1n) is 8.33. The van der Waals surface area contributed by atoms with Gasteiger partial charge in [-0.25, -0.2) is 0 Å². The molecule has 126 valence electrons. The number of ether oxygens (including phenoxy) is 1. The molecule has 2 rings (SSSR count). The zero-order valence-corrected chi connectivity index (χ0v) is 14.5. The number of para-hydroxylation sites is 1. The third kappa shape index (κ3) is 4.58. The molecule has 0 aliphatic heterocycles. The molecule has 0 saturated carbocycles. The fourth-order valence-corrected chi connectivity index (χ4v) is 2.76. The molecule has 0 spiro atoms. The standard InChI is InChI=1S/C19H27NO3/c1-13(2)8-7-9-14(3)20-19(21)18-16(12-22-4)15-10-5-6-11-17(15)23-18/h5-6,10-11,13-14H,7-9,12H2,1-4H3,(H,20,21). The minimum atomic E-state index is -0.162. The smallest absolute Gasteiger partial charge is 0.287 e. The minimum absolute atomic E-state index is 0.129. The zero-order valence-electron chi connectivity index (χ0n) is 14.5. The Balaban J connectivity index is 2.09. The van der Waals surface area contributed by atoms with Gasteiger partial charge in [-0.3, -0.25) is 4.79 Å². The van der Waals surface area contributed by atoms with Gasteiger partial charge in [0.05, 0.1) is 6.61 Å². The van der Waals surface area contributed by atoms with E-state index in [1.54, 1.807) is 7.11 Å². The van der Waals surface area contributed by atoms with E-state index >= 15 is 0 Å². The van der Waals surface area contributed by atoms with Gasteiger partial charge in [-0.1, -0.05) is 44.9 Å². The Labute approximate surface area is 138 Å². The third-order valence-electron chi connectivity index (χ3n) is 3.99. The second kappa shape index (κ2) is 8.16. The lowest BCUT2D eigenvalue weighted by molar-refractivity contribution is 0.0905. The number of rotatable bonds is 8. The summed E-state index contributed by atoms with van der Waals surface area (Å²) < 4.78 is 11.0. The van der Waals surface area contributed by atoms with Crippen LogP contribution in [0, 0.1) is 5.92 Å². The molecule has 4 nitrogen and oxygen atoms in total. The number of hydrogen-bond acceptors (Lipinski definition) is 3. The van der Waals surface area contributed by atoms with Gasteiger partial charge in [0.1, 0.15) is 5.58 Å². The van der Waals surface area contributed by atoms with Gasteiger partial charge in [0.2, 0.25) is 0 Å². The van der Waals surface area contributed by atoms with Gasteiger partial charge in [0.25, 0.3) is 5.91 Å². The van der Waals surface area contributed by atoms with Crippen LogP contribution in [0.3, 0.4) is 0 Å². The summed E-state index contributed by atoms with van der Waals surface area (Å²) in [4.78, 5) is 12.6. The van der Waals surface area contributed by atoms with Crippen molar-refractivity contribution in [3.63, 3.8) is 0 Å². The fraction of sp³-hybridized carbons (Fsp3) is 0.526. The van der Waals surface area contributed by atoms with Crippen LogP contribution in [0.5, 0.6) is 0 Å². The Hall–Kier alpha value is -1.81. The van der Waals surface area contributed by atoms with Crippen LogP contribution in [-0.2, 0) is 11.3 Å². The third-order valence-corrected chi connectivity index (χ3v) is 3.99. The van der Waals surface area contributed by atoms with E-state index in [9.17, 15) is 4.79 Å². The number of carbonyl (C=O) groups excluding carboxylic acids is 1. The predicted octanol–water partition coefficient (Wildman–Crippen LogP) is 4.52. The first-order chi connectivity index (χ1) is 11.0. The lowest BCUT2D eigenvalue weighted by atomic mass is 10.0. The number of benzene rings is 1. The predicted molar refractivity (Wildman–Crippen MR) is 92.5 cm³/mol. The topological polar surface area (TPSA) is 51.5 Å². The number of amides is 1. The Kier molecular flexibility index (Phi) is 6.22. The average molecular weight is 317 g/mol. The highest BCUT2D eigenvalue weighted by Crippen LogP contribution is 2.26. The van der Waals surface area contributed by atoms with Crippen molar-refractivity contribution in [3.8, 4) is 0 Å². The molecule has 1 N–H and O–H groups in total. The molecular formula is C19H27NO3. The maximum Gasteiger partial charge on any atom is 0.287 e. The van der Waals surface area contributed by atoms with Crippen molar-refractivity contribution in [2.45, 2.75) is 52.7 Å². The highest BCUT2D eigenvalue weighted by atomic mass is 16.5. The van der Waals surface area contributed by atoms with Gasteiger partial charge < -0.3 is 14.5 Å². The van der Waals surface area contributed by atoms with E-state index in [0.29, 0.717) is 18.3 Å². The Bertz CT molecular complexity index is 645. The Morgan fingerprint density at radius 2 is 1.96 bits per heavy atom. The average Bonchev–Trinajstić information content (AvgIpc) is 2.86. The van der Waals surface area contributed by atoms with Crippen molar-refractivity contribution < 1.29 is 13.9 Å². The molecule has 1 aromatic heterocycles. The Morgan fingerprint density at radius 1 is 1.22 bits per heavy atom. The lowest BCUT2D eigenvalue weighted by Crippen LogP contribution is -2.32. The summed E-state index contributed by atoms with van der Waals surface area (Å²) in [6.45, 7) is 6.84. The van der Waals surface area contributed by atoms with E-state index in [1.807, 2.05) is 31.2 Å². The van der Waals surface area contributed by atoms with Gasteiger partial charge in [-0.15, -0.1) is 0 Å². The van der Waals surface area contributed by atoms with Crippen molar-refractivity contribution in [1.82, 2.24) is 5.32 Å². The summed E-state index contributed by atoms with van der Waals surface area (Å²) in [5.74, 6) is 0.899. The van der Waals surface area contributed by atoms with E-state index in [2.05, 4.69) is 19.2 Å². The number of furan rings is 1. The zero-order chi connectivity index (χ0) is 16.8. The summed E-state index contributed by atoms with van der Waals surface area (Å²) >= 11 is 0. The van der Waals surface area contributed by atoms with Gasteiger partial charge in [0, 0.05) is 24.1 Å². The van der Waals surface area contributed by atoms with Crippen LogP contribution in [0.1, 0.15) is 56.2 Å². The van der Waals surface area contributed by atoms with Gasteiger partial charge in [0.15, 0.2) is 5.76 Å². The van der Waals surface area contributed by atoms with Gasteiger partial charge in [-0.05, 0) is 25.3 Å². The van der Waals surface area contributed by atoms with Crippen LogP contribution in [-0.4, -0.2) is 19.1 Å². The van der Waals surface area contributed by atoms with Crippen molar-refractivity contribution in [2.75, 3.05) is 7.11 Å². The molecule has 1 atom stereocenters. The van der Waals surface area contributed by atoms with E-state index in [0.717, 1.165) is 29.4 Å². The summed E-state index contributed by atoms with van der Waals surface area (Å²) in [6.07, 6.45) is 3.27. The molecule has 1 heterocycles. The summed E-state index contributed by atoms with van der Waals surface area (Å²) in [7, 11) is 1.62. The number of fused-ring (bicyclic) bond motifs is 1. The minimum Gasteiger partial charge on any atom is -0.451 e. The van der Waals surface area contributed by atoms with Crippen LogP contribution in [0.2, 0.25) is 0 Å². The highest BCUT2D eigenvalue weighted by Gasteiger charge is 2.21. The maximum absolute atomic E-state index is 12.6. The molecule has 0 aliphatic carbocycles. The first-order valence-corrected chi connectivity index (χ1v) is 8.33. The van der Waals surface area contributed by atoms with E-state index in [4.69, 9.17) is 9.15 Å². The van der Waals surface area contributed by atoms with Crippen LogP contribution < -0.4 is 5.32 Å². The normalized spacial score (nSPS) is 12.7. The van der Waals surface area contributed by atoms with Gasteiger partial charge in [-0.2, -0.15) is 0 Å². The maximum atomic E-state index is 12.6. The molecule has 0 fully saturated rings. The van der Waals surface area contributed by atoms with Crippen LogP contribution in [0.15, 0.2) is 28.7 Å². The Morgan fingerprint density at radius 3 is 2.65 bits per heavy atom. The number of hydrogen-bond donors (Lipinski definition) is 1. The molecule has 0 saturated heterocycles. The molecule has 1 unspecified atom stereocenters.